The molecule has 1 aliphatic rings. The Hall–Kier alpha value is -4.34. The minimum Gasteiger partial charge on any atom is -0.462 e. The van der Waals surface area contributed by atoms with Crippen LogP contribution < -0.4 is 0 Å². The Labute approximate surface area is 213 Å². The fourth-order valence-corrected chi connectivity index (χ4v) is 4.17. The summed E-state index contributed by atoms with van der Waals surface area (Å²) >= 11 is 0. The largest absolute Gasteiger partial charge is 0.462 e. The highest BCUT2D eigenvalue weighted by molar-refractivity contribution is 5.87. The van der Waals surface area contributed by atoms with E-state index in [1.54, 1.807) is 13.0 Å². The van der Waals surface area contributed by atoms with E-state index in [1.165, 1.54) is 23.8 Å². The summed E-state index contributed by atoms with van der Waals surface area (Å²) in [6.45, 7) is 5.14. The van der Waals surface area contributed by atoms with Gasteiger partial charge in [-0.25, -0.2) is 9.59 Å². The molecule has 0 amide bonds. The third-order valence-corrected chi connectivity index (χ3v) is 6.21. The normalized spacial score (nSPS) is 17.2. The molecule has 2 aromatic rings. The molecule has 2 aromatic carbocycles. The first-order chi connectivity index (χ1) is 17.6. The van der Waals surface area contributed by atoms with Gasteiger partial charge in [0.05, 0.1) is 22.5 Å². The average Bonchev–Trinajstić information content (AvgIpc) is 2.88. The number of benzene rings is 2. The number of hydrogen-bond acceptors (Lipinski definition) is 8. The van der Waals surface area contributed by atoms with Gasteiger partial charge in [0, 0.05) is 29.7 Å². The Kier molecular flexibility index (Phi) is 9.26. The van der Waals surface area contributed by atoms with E-state index in [9.17, 15) is 29.8 Å². The zero-order chi connectivity index (χ0) is 26.9. The molecule has 0 spiro atoms. The third-order valence-electron chi connectivity index (χ3n) is 6.21. The van der Waals surface area contributed by atoms with Crippen LogP contribution in [0, 0.1) is 20.2 Å². The van der Waals surface area contributed by atoms with Crippen molar-refractivity contribution in [3.05, 3.63) is 97.6 Å². The monoisotopic (exact) mass is 508 g/mol. The van der Waals surface area contributed by atoms with Gasteiger partial charge in [0.2, 0.25) is 0 Å². The van der Waals surface area contributed by atoms with E-state index in [0.29, 0.717) is 11.5 Å². The van der Waals surface area contributed by atoms with Crippen LogP contribution in [0.15, 0.2) is 60.7 Å². The molecular formula is C27H28N2O8. The van der Waals surface area contributed by atoms with Crippen molar-refractivity contribution in [2.45, 2.75) is 51.0 Å². The Balaban J connectivity index is 1.47. The predicted molar refractivity (Wildman–Crippen MR) is 136 cm³/mol. The SMILES string of the molecule is C=C(C)C(=O)OC1CCC(c2ccc(/C=C/C(=O)OCCc3ccc([N+](=O)[O-])cc3[N+](=O)[O-])cc2)CC1. The number of esters is 2. The van der Waals surface area contributed by atoms with Crippen molar-refractivity contribution in [2.75, 3.05) is 6.61 Å². The lowest BCUT2D eigenvalue weighted by molar-refractivity contribution is -0.394. The second-order valence-electron chi connectivity index (χ2n) is 8.90. The number of non-ortho nitro benzene ring substituents is 1. The van der Waals surface area contributed by atoms with Crippen molar-refractivity contribution >= 4 is 29.4 Å². The van der Waals surface area contributed by atoms with Gasteiger partial charge in [0.25, 0.3) is 11.4 Å². The molecule has 0 unspecified atom stereocenters. The Morgan fingerprint density at radius 1 is 1.03 bits per heavy atom. The molecule has 0 heterocycles. The van der Waals surface area contributed by atoms with E-state index >= 15 is 0 Å². The molecule has 0 N–H and O–H groups in total. The van der Waals surface area contributed by atoms with Crippen LogP contribution in [-0.2, 0) is 25.5 Å². The average molecular weight is 509 g/mol. The Bertz CT molecular complexity index is 1210. The first-order valence-electron chi connectivity index (χ1n) is 11.9. The van der Waals surface area contributed by atoms with E-state index in [0.717, 1.165) is 37.3 Å². The first kappa shape index (κ1) is 27.3. The van der Waals surface area contributed by atoms with Gasteiger partial charge in [-0.15, -0.1) is 0 Å². The van der Waals surface area contributed by atoms with Crippen LogP contribution in [0.3, 0.4) is 0 Å². The molecule has 0 bridgehead atoms. The van der Waals surface area contributed by atoms with E-state index in [-0.39, 0.29) is 42.0 Å². The number of nitro benzene ring substituents is 2. The van der Waals surface area contributed by atoms with Gasteiger partial charge in [-0.2, -0.15) is 0 Å². The topological polar surface area (TPSA) is 139 Å². The summed E-state index contributed by atoms with van der Waals surface area (Å²) < 4.78 is 10.6. The number of rotatable bonds is 10. The molecule has 3 rings (SSSR count). The van der Waals surface area contributed by atoms with Crippen LogP contribution in [0.2, 0.25) is 0 Å². The van der Waals surface area contributed by atoms with Crippen molar-refractivity contribution < 1.29 is 28.9 Å². The molecule has 1 fully saturated rings. The maximum absolute atomic E-state index is 12.1. The number of carbonyl (C=O) groups is 2. The summed E-state index contributed by atoms with van der Waals surface area (Å²) in [5.74, 6) is -0.562. The second-order valence-corrected chi connectivity index (χ2v) is 8.90. The van der Waals surface area contributed by atoms with Crippen LogP contribution in [0.4, 0.5) is 11.4 Å². The van der Waals surface area contributed by atoms with Crippen molar-refractivity contribution in [1.29, 1.82) is 0 Å². The van der Waals surface area contributed by atoms with Crippen LogP contribution in [-0.4, -0.2) is 34.5 Å². The molecule has 0 saturated heterocycles. The quantitative estimate of drug-likeness (QED) is 0.179. The van der Waals surface area contributed by atoms with Gasteiger partial charge >= 0.3 is 11.9 Å². The number of hydrogen-bond donors (Lipinski definition) is 0. The molecule has 0 aliphatic heterocycles. The fourth-order valence-electron chi connectivity index (χ4n) is 4.17. The van der Waals surface area contributed by atoms with Gasteiger partial charge in [0.15, 0.2) is 0 Å². The molecule has 10 nitrogen and oxygen atoms in total. The minimum atomic E-state index is -0.705. The van der Waals surface area contributed by atoms with E-state index < -0.39 is 15.8 Å². The molecular weight excluding hydrogens is 480 g/mol. The fraction of sp³-hybridized carbons (Fsp3) is 0.333. The van der Waals surface area contributed by atoms with Crippen LogP contribution in [0.1, 0.15) is 55.2 Å². The minimum absolute atomic E-state index is 0.0528. The predicted octanol–water partition coefficient (Wildman–Crippen LogP) is 5.45. The molecule has 194 valence electrons. The van der Waals surface area contributed by atoms with E-state index in [1.807, 2.05) is 24.3 Å². The molecule has 1 saturated carbocycles. The van der Waals surface area contributed by atoms with Gasteiger partial charge in [-0.1, -0.05) is 30.8 Å². The van der Waals surface area contributed by atoms with Gasteiger partial charge in [-0.05, 0) is 61.8 Å². The lowest BCUT2D eigenvalue weighted by atomic mass is 9.82. The summed E-state index contributed by atoms with van der Waals surface area (Å²) in [6.07, 6.45) is 6.33. The lowest BCUT2D eigenvalue weighted by Gasteiger charge is -2.28. The second kappa shape index (κ2) is 12.6. The van der Waals surface area contributed by atoms with Crippen molar-refractivity contribution in [3.63, 3.8) is 0 Å². The molecule has 1 aliphatic carbocycles. The number of ether oxygens (including phenoxy) is 2. The number of nitrogens with zero attached hydrogens (tertiary/aromatic N) is 2. The van der Waals surface area contributed by atoms with Crippen LogP contribution in [0.5, 0.6) is 0 Å². The van der Waals surface area contributed by atoms with Crippen molar-refractivity contribution in [3.8, 4) is 0 Å². The van der Waals surface area contributed by atoms with E-state index in [2.05, 4.69) is 6.58 Å². The van der Waals surface area contributed by atoms with Gasteiger partial charge < -0.3 is 9.47 Å². The van der Waals surface area contributed by atoms with Crippen molar-refractivity contribution in [2.24, 2.45) is 0 Å². The van der Waals surface area contributed by atoms with Crippen LogP contribution in [0.25, 0.3) is 6.08 Å². The summed E-state index contributed by atoms with van der Waals surface area (Å²) in [7, 11) is 0. The molecule has 0 radical (unpaired) electrons. The van der Waals surface area contributed by atoms with Gasteiger partial charge in [0.1, 0.15) is 6.10 Å². The highest BCUT2D eigenvalue weighted by Crippen LogP contribution is 2.34. The Morgan fingerprint density at radius 3 is 2.30 bits per heavy atom. The van der Waals surface area contributed by atoms with Crippen LogP contribution >= 0.6 is 0 Å². The third kappa shape index (κ3) is 7.83. The molecule has 37 heavy (non-hydrogen) atoms. The molecule has 0 atom stereocenters. The van der Waals surface area contributed by atoms with Gasteiger partial charge in [-0.3, -0.25) is 20.2 Å². The maximum Gasteiger partial charge on any atom is 0.333 e. The molecule has 0 aromatic heterocycles. The highest BCUT2D eigenvalue weighted by Gasteiger charge is 2.25. The smallest absolute Gasteiger partial charge is 0.333 e. The highest BCUT2D eigenvalue weighted by atomic mass is 16.6. The zero-order valence-corrected chi connectivity index (χ0v) is 20.5. The van der Waals surface area contributed by atoms with E-state index in [4.69, 9.17) is 9.47 Å². The lowest BCUT2D eigenvalue weighted by Crippen LogP contribution is -2.24. The standard InChI is InChI=1S/C27H28N2O8/c1-18(2)27(31)37-24-12-9-21(10-13-24)20-6-3-19(4-7-20)5-14-26(30)36-16-15-22-8-11-23(28(32)33)17-25(22)29(34)35/h3-8,11,14,17,21,24H,1,9-10,12-13,15-16H2,2H3/b14-5+. The number of carbonyl (C=O) groups excluding carboxylic acids is 2. The summed E-state index contributed by atoms with van der Waals surface area (Å²) in [5.41, 5.74) is 1.89. The van der Waals surface area contributed by atoms with Crippen molar-refractivity contribution in [1.82, 2.24) is 0 Å². The first-order valence-corrected chi connectivity index (χ1v) is 11.9. The Morgan fingerprint density at radius 2 is 1.70 bits per heavy atom. The zero-order valence-electron chi connectivity index (χ0n) is 20.5. The summed E-state index contributed by atoms with van der Waals surface area (Å²) in [6, 6.07) is 11.2. The molecule has 10 heteroatoms. The summed E-state index contributed by atoms with van der Waals surface area (Å²) in [5, 5.41) is 22.0. The number of nitro groups is 2. The maximum atomic E-state index is 12.1. The summed E-state index contributed by atoms with van der Waals surface area (Å²) in [4.78, 5) is 44.4.